The van der Waals surface area contributed by atoms with Gasteiger partial charge in [0.25, 0.3) is 0 Å². The maximum atomic E-state index is 13.6. The van der Waals surface area contributed by atoms with Gasteiger partial charge in [-0.05, 0) is 43.3 Å². The van der Waals surface area contributed by atoms with Crippen molar-refractivity contribution in [1.29, 1.82) is 0 Å². The molecule has 152 valence electrons. The van der Waals surface area contributed by atoms with Gasteiger partial charge in [0.05, 0.1) is 13.1 Å². The molecule has 28 heavy (non-hydrogen) atoms. The summed E-state index contributed by atoms with van der Waals surface area (Å²) in [4.78, 5) is 15.9. The van der Waals surface area contributed by atoms with Crippen LogP contribution in [-0.4, -0.2) is 38.1 Å². The van der Waals surface area contributed by atoms with Crippen LogP contribution in [0.25, 0.3) is 0 Å². The van der Waals surface area contributed by atoms with Crippen molar-refractivity contribution in [2.45, 2.75) is 13.0 Å². The van der Waals surface area contributed by atoms with E-state index < -0.39 is 5.82 Å². The van der Waals surface area contributed by atoms with Gasteiger partial charge in [-0.25, -0.2) is 8.78 Å². The zero-order chi connectivity index (χ0) is 19.6. The zero-order valence-electron chi connectivity index (χ0n) is 15.5. The first-order chi connectivity index (χ1) is 13.0. The van der Waals surface area contributed by atoms with E-state index in [1.807, 2.05) is 0 Å². The molecule has 0 spiro atoms. The van der Waals surface area contributed by atoms with Crippen LogP contribution in [0.4, 0.5) is 14.5 Å². The number of guanidine groups is 1. The van der Waals surface area contributed by atoms with Gasteiger partial charge >= 0.3 is 0 Å². The van der Waals surface area contributed by atoms with Crippen molar-refractivity contribution in [3.63, 3.8) is 0 Å². The Bertz CT molecular complexity index is 788. The van der Waals surface area contributed by atoms with Gasteiger partial charge in [0.15, 0.2) is 17.5 Å². The molecule has 3 N–H and O–H groups in total. The van der Waals surface area contributed by atoms with Crippen LogP contribution in [0.2, 0.25) is 0 Å². The minimum absolute atomic E-state index is 0. The summed E-state index contributed by atoms with van der Waals surface area (Å²) < 4.78 is 32.0. The summed E-state index contributed by atoms with van der Waals surface area (Å²) in [6, 6.07) is 11.6. The van der Waals surface area contributed by atoms with Gasteiger partial charge in [-0.2, -0.15) is 0 Å². The van der Waals surface area contributed by atoms with Gasteiger partial charge in [-0.1, -0.05) is 12.1 Å². The van der Waals surface area contributed by atoms with Crippen molar-refractivity contribution in [3.05, 3.63) is 60.2 Å². The SMILES string of the molecule is CN=C(NCC(=O)Nc1ccc(F)cc1)NCC(C)Oc1ccccc1F.I. The molecule has 1 atom stereocenters. The Balaban J connectivity index is 0.00000392. The number of anilines is 1. The van der Waals surface area contributed by atoms with E-state index in [9.17, 15) is 13.6 Å². The van der Waals surface area contributed by atoms with Crippen molar-refractivity contribution >= 4 is 41.5 Å². The largest absolute Gasteiger partial charge is 0.486 e. The van der Waals surface area contributed by atoms with E-state index in [2.05, 4.69) is 20.9 Å². The molecule has 0 saturated carbocycles. The fourth-order valence-electron chi connectivity index (χ4n) is 2.16. The second kappa shape index (κ2) is 12.1. The predicted octanol–water partition coefficient (Wildman–Crippen LogP) is 3.15. The van der Waals surface area contributed by atoms with Crippen molar-refractivity contribution < 1.29 is 18.3 Å². The number of amides is 1. The molecule has 0 bridgehead atoms. The number of aliphatic imine (C=N–C) groups is 1. The standard InChI is InChI=1S/C19H22F2N4O2.HI/c1-13(27-17-6-4-3-5-16(17)21)11-23-19(22-2)24-12-18(26)25-15-9-7-14(20)8-10-15;/h3-10,13H,11-12H2,1-2H3,(H,25,26)(H2,22,23,24);1H. The molecule has 0 fully saturated rings. The van der Waals surface area contributed by atoms with Crippen molar-refractivity contribution in [1.82, 2.24) is 10.6 Å². The molecular weight excluding hydrogens is 481 g/mol. The average Bonchev–Trinajstić information content (AvgIpc) is 2.65. The number of ether oxygens (including phenoxy) is 1. The number of hydrogen-bond donors (Lipinski definition) is 3. The van der Waals surface area contributed by atoms with Gasteiger partial charge in [0.2, 0.25) is 5.91 Å². The fourth-order valence-corrected chi connectivity index (χ4v) is 2.16. The summed E-state index contributed by atoms with van der Waals surface area (Å²) >= 11 is 0. The highest BCUT2D eigenvalue weighted by Gasteiger charge is 2.10. The van der Waals surface area contributed by atoms with Crippen molar-refractivity contribution in [3.8, 4) is 5.75 Å². The first-order valence-electron chi connectivity index (χ1n) is 8.39. The summed E-state index contributed by atoms with van der Waals surface area (Å²) in [6.07, 6.45) is -0.325. The summed E-state index contributed by atoms with van der Waals surface area (Å²) in [5, 5.41) is 8.49. The molecule has 0 radical (unpaired) electrons. The maximum absolute atomic E-state index is 13.6. The summed E-state index contributed by atoms with van der Waals surface area (Å²) in [6.45, 7) is 2.11. The minimum Gasteiger partial charge on any atom is -0.486 e. The number of halogens is 3. The topological polar surface area (TPSA) is 74.8 Å². The van der Waals surface area contributed by atoms with E-state index in [0.717, 1.165) is 0 Å². The second-order valence-electron chi connectivity index (χ2n) is 5.72. The number of benzene rings is 2. The third-order valence-electron chi connectivity index (χ3n) is 3.49. The monoisotopic (exact) mass is 504 g/mol. The highest BCUT2D eigenvalue weighted by Crippen LogP contribution is 2.16. The van der Waals surface area contributed by atoms with E-state index in [0.29, 0.717) is 18.2 Å². The van der Waals surface area contributed by atoms with Gasteiger partial charge in [-0.15, -0.1) is 24.0 Å². The normalized spacial score (nSPS) is 11.8. The van der Waals surface area contributed by atoms with Crippen molar-refractivity contribution in [2.24, 2.45) is 4.99 Å². The van der Waals surface area contributed by atoms with Crippen LogP contribution < -0.4 is 20.7 Å². The summed E-state index contributed by atoms with van der Waals surface area (Å²) in [7, 11) is 1.57. The Labute approximate surface area is 179 Å². The molecule has 2 aromatic rings. The van der Waals surface area contributed by atoms with Crippen LogP contribution in [0.1, 0.15) is 6.92 Å². The zero-order valence-corrected chi connectivity index (χ0v) is 17.9. The maximum Gasteiger partial charge on any atom is 0.243 e. The Morgan fingerprint density at radius 2 is 1.79 bits per heavy atom. The quantitative estimate of drug-likeness (QED) is 0.308. The highest BCUT2D eigenvalue weighted by molar-refractivity contribution is 14.0. The van der Waals surface area contributed by atoms with E-state index in [1.54, 1.807) is 32.2 Å². The van der Waals surface area contributed by atoms with E-state index in [4.69, 9.17) is 4.74 Å². The molecule has 0 aromatic heterocycles. The number of para-hydroxylation sites is 1. The van der Waals surface area contributed by atoms with Crippen LogP contribution in [0.15, 0.2) is 53.5 Å². The Hall–Kier alpha value is -2.43. The van der Waals surface area contributed by atoms with E-state index >= 15 is 0 Å². The average molecular weight is 504 g/mol. The van der Waals surface area contributed by atoms with Gasteiger partial charge < -0.3 is 20.7 Å². The van der Waals surface area contributed by atoms with Crippen LogP contribution >= 0.6 is 24.0 Å². The summed E-state index contributed by atoms with van der Waals surface area (Å²) in [5.74, 6) is -0.534. The molecule has 0 saturated heterocycles. The molecular formula is C19H23F2IN4O2. The molecule has 0 aliphatic heterocycles. The van der Waals surface area contributed by atoms with E-state index in [1.165, 1.54) is 30.3 Å². The Morgan fingerprint density at radius 1 is 1.11 bits per heavy atom. The predicted molar refractivity (Wildman–Crippen MR) is 116 cm³/mol. The molecule has 2 rings (SSSR count). The Kier molecular flexibility index (Phi) is 10.2. The summed E-state index contributed by atoms with van der Waals surface area (Å²) in [5.41, 5.74) is 0.498. The highest BCUT2D eigenvalue weighted by atomic mass is 127. The number of rotatable bonds is 7. The lowest BCUT2D eigenvalue weighted by Gasteiger charge is -2.18. The lowest BCUT2D eigenvalue weighted by molar-refractivity contribution is -0.115. The molecule has 0 aliphatic rings. The fraction of sp³-hybridized carbons (Fsp3) is 0.263. The van der Waals surface area contributed by atoms with Gasteiger partial charge in [0.1, 0.15) is 11.9 Å². The van der Waals surface area contributed by atoms with Crippen molar-refractivity contribution in [2.75, 3.05) is 25.5 Å². The second-order valence-corrected chi connectivity index (χ2v) is 5.72. The number of carbonyl (C=O) groups is 1. The first kappa shape index (κ1) is 23.6. The number of nitrogens with one attached hydrogen (secondary N) is 3. The molecule has 2 aromatic carbocycles. The van der Waals surface area contributed by atoms with Crippen LogP contribution in [0, 0.1) is 11.6 Å². The minimum atomic E-state index is -0.427. The Morgan fingerprint density at radius 3 is 2.43 bits per heavy atom. The molecule has 0 heterocycles. The van der Waals surface area contributed by atoms with Crippen LogP contribution in [0.5, 0.6) is 5.75 Å². The number of nitrogens with zero attached hydrogens (tertiary/aromatic N) is 1. The number of carbonyl (C=O) groups excluding carboxylic acids is 1. The van der Waals surface area contributed by atoms with Crippen LogP contribution in [-0.2, 0) is 4.79 Å². The molecule has 0 aliphatic carbocycles. The lowest BCUT2D eigenvalue weighted by atomic mass is 10.3. The lowest BCUT2D eigenvalue weighted by Crippen LogP contribution is -2.44. The third kappa shape index (κ3) is 8.07. The van der Waals surface area contributed by atoms with Crippen LogP contribution in [0.3, 0.4) is 0 Å². The molecule has 9 heteroatoms. The molecule has 1 unspecified atom stereocenters. The van der Waals surface area contributed by atoms with Gasteiger partial charge in [-0.3, -0.25) is 9.79 Å². The van der Waals surface area contributed by atoms with Gasteiger partial charge in [0, 0.05) is 12.7 Å². The smallest absolute Gasteiger partial charge is 0.243 e. The first-order valence-corrected chi connectivity index (χ1v) is 8.39. The molecule has 1 amide bonds. The third-order valence-corrected chi connectivity index (χ3v) is 3.49. The molecule has 6 nitrogen and oxygen atoms in total. The number of hydrogen-bond acceptors (Lipinski definition) is 3. The van der Waals surface area contributed by atoms with E-state index in [-0.39, 0.29) is 54.1 Å².